The first-order valence-corrected chi connectivity index (χ1v) is 10.1. The zero-order valence-electron chi connectivity index (χ0n) is 16.4. The molecule has 1 atom stereocenters. The van der Waals surface area contributed by atoms with Crippen LogP contribution in [0.3, 0.4) is 0 Å². The number of carbonyl (C=O) groups is 1. The highest BCUT2D eigenvalue weighted by Gasteiger charge is 2.28. The Kier molecular flexibility index (Phi) is 5.54. The zero-order chi connectivity index (χ0) is 21.4. The third-order valence-electron chi connectivity index (χ3n) is 5.08. The fraction of sp³-hybridized carbons (Fsp3) is 0.350. The molecule has 8 nitrogen and oxygen atoms in total. The fourth-order valence-corrected chi connectivity index (χ4v) is 4.79. The summed E-state index contributed by atoms with van der Waals surface area (Å²) in [6, 6.07) is 1.12. The SMILES string of the molecule is CN=Cc1c(N2CCOC(COC)C2)c(F)cc2c(=O)c(C(=O)O)c3sccn3c12. The van der Waals surface area contributed by atoms with E-state index in [1.54, 1.807) is 30.1 Å². The molecule has 0 radical (unpaired) electrons. The van der Waals surface area contributed by atoms with E-state index in [0.717, 1.165) is 17.4 Å². The fourth-order valence-electron chi connectivity index (χ4n) is 3.92. The molecule has 10 heteroatoms. The molecular weight excluding hydrogens is 413 g/mol. The molecule has 3 aromatic rings. The van der Waals surface area contributed by atoms with Crippen LogP contribution in [0.5, 0.6) is 0 Å². The molecule has 1 aliphatic heterocycles. The normalized spacial score (nSPS) is 17.4. The highest BCUT2D eigenvalue weighted by Crippen LogP contribution is 2.33. The van der Waals surface area contributed by atoms with Crippen molar-refractivity contribution in [1.82, 2.24) is 4.40 Å². The largest absolute Gasteiger partial charge is 0.477 e. The number of hydrogen-bond acceptors (Lipinski definition) is 7. The van der Waals surface area contributed by atoms with Gasteiger partial charge in [0.05, 0.1) is 35.9 Å². The van der Waals surface area contributed by atoms with Gasteiger partial charge in [-0.2, -0.15) is 0 Å². The number of anilines is 1. The molecule has 4 rings (SSSR count). The summed E-state index contributed by atoms with van der Waals surface area (Å²) in [4.78, 5) is 30.9. The number of rotatable bonds is 5. The monoisotopic (exact) mass is 433 g/mol. The summed E-state index contributed by atoms with van der Waals surface area (Å²) >= 11 is 1.14. The Morgan fingerprint density at radius 2 is 2.33 bits per heavy atom. The van der Waals surface area contributed by atoms with Gasteiger partial charge in [-0.15, -0.1) is 11.3 Å². The number of thiazole rings is 1. The number of nitrogens with zero attached hydrogens (tertiary/aromatic N) is 3. The molecule has 0 bridgehead atoms. The summed E-state index contributed by atoms with van der Waals surface area (Å²) in [5.41, 5.74) is 0.0805. The number of benzene rings is 1. The lowest BCUT2D eigenvalue weighted by Gasteiger charge is -2.35. The predicted molar refractivity (Wildman–Crippen MR) is 113 cm³/mol. The number of morpholine rings is 1. The first kappa shape index (κ1) is 20.5. The maximum atomic E-state index is 15.4. The van der Waals surface area contributed by atoms with E-state index in [0.29, 0.717) is 47.9 Å². The Morgan fingerprint density at radius 1 is 1.53 bits per heavy atom. The lowest BCUT2D eigenvalue weighted by atomic mass is 10.0. The number of hydrogen-bond donors (Lipinski definition) is 1. The van der Waals surface area contributed by atoms with Crippen molar-refractivity contribution in [1.29, 1.82) is 0 Å². The number of aromatic carboxylic acids is 1. The molecule has 3 heterocycles. The van der Waals surface area contributed by atoms with Crippen LogP contribution >= 0.6 is 11.3 Å². The van der Waals surface area contributed by atoms with Crippen molar-refractivity contribution in [3.63, 3.8) is 0 Å². The summed E-state index contributed by atoms with van der Waals surface area (Å²) in [5.74, 6) is -1.95. The van der Waals surface area contributed by atoms with E-state index in [9.17, 15) is 14.7 Å². The number of fused-ring (bicyclic) bond motifs is 3. The van der Waals surface area contributed by atoms with Gasteiger partial charge < -0.3 is 23.9 Å². The van der Waals surface area contributed by atoms with E-state index in [1.807, 2.05) is 4.90 Å². The average Bonchev–Trinajstić information content (AvgIpc) is 3.17. The first-order chi connectivity index (χ1) is 14.5. The van der Waals surface area contributed by atoms with Crippen LogP contribution < -0.4 is 10.3 Å². The van der Waals surface area contributed by atoms with Crippen LogP contribution in [0.1, 0.15) is 15.9 Å². The number of halogens is 1. The van der Waals surface area contributed by atoms with Crippen molar-refractivity contribution < 1.29 is 23.8 Å². The first-order valence-electron chi connectivity index (χ1n) is 9.26. The Bertz CT molecular complexity index is 1220. The second kappa shape index (κ2) is 8.13. The number of carboxylic acid groups (broad SMARTS) is 1. The molecule has 1 unspecified atom stereocenters. The highest BCUT2D eigenvalue weighted by atomic mass is 32.1. The van der Waals surface area contributed by atoms with Crippen LogP contribution in [0.2, 0.25) is 0 Å². The summed E-state index contributed by atoms with van der Waals surface area (Å²) < 4.78 is 27.8. The van der Waals surface area contributed by atoms with E-state index in [1.165, 1.54) is 6.21 Å². The zero-order valence-corrected chi connectivity index (χ0v) is 17.2. The van der Waals surface area contributed by atoms with Gasteiger partial charge in [0.2, 0.25) is 5.43 Å². The quantitative estimate of drug-likeness (QED) is 0.621. The van der Waals surface area contributed by atoms with Crippen LogP contribution in [0.4, 0.5) is 10.1 Å². The molecular formula is C20H20FN3O5S. The minimum Gasteiger partial charge on any atom is -0.477 e. The number of aliphatic imine (C=N–C) groups is 1. The number of aromatic nitrogens is 1. The van der Waals surface area contributed by atoms with Crippen LogP contribution in [0.25, 0.3) is 15.7 Å². The predicted octanol–water partition coefficient (Wildman–Crippen LogP) is 2.25. The van der Waals surface area contributed by atoms with Gasteiger partial charge in [-0.05, 0) is 6.07 Å². The Labute approximate surface area is 174 Å². The third kappa shape index (κ3) is 3.26. The summed E-state index contributed by atoms with van der Waals surface area (Å²) in [6.45, 7) is 1.65. The molecule has 0 amide bonds. The number of carboxylic acids is 1. The van der Waals surface area contributed by atoms with Crippen molar-refractivity contribution in [3.05, 3.63) is 44.8 Å². The third-order valence-corrected chi connectivity index (χ3v) is 5.96. The van der Waals surface area contributed by atoms with E-state index >= 15 is 4.39 Å². The number of ether oxygens (including phenoxy) is 2. The average molecular weight is 433 g/mol. The summed E-state index contributed by atoms with van der Waals surface area (Å²) in [5, 5.41) is 11.3. The van der Waals surface area contributed by atoms with Gasteiger partial charge in [0.1, 0.15) is 16.2 Å². The van der Waals surface area contributed by atoms with Gasteiger partial charge in [-0.25, -0.2) is 9.18 Å². The lowest BCUT2D eigenvalue weighted by Crippen LogP contribution is -2.45. The highest BCUT2D eigenvalue weighted by molar-refractivity contribution is 7.16. The number of methoxy groups -OCH3 is 1. The molecule has 1 fully saturated rings. The molecule has 2 aromatic heterocycles. The Hall–Kier alpha value is -2.82. The van der Waals surface area contributed by atoms with Crippen molar-refractivity contribution in [2.45, 2.75) is 6.10 Å². The molecule has 1 aliphatic rings. The second-order valence-electron chi connectivity index (χ2n) is 6.89. The standard InChI is InChI=1S/C20H20FN3O5S/c1-22-8-13-16-12(18(25)15(20(26)27)19-24(16)4-6-30-19)7-14(21)17(13)23-3-5-29-11(9-23)10-28-2/h4,6-8,11H,3,5,9-10H2,1-2H3,(H,26,27). The van der Waals surface area contributed by atoms with Gasteiger partial charge in [-0.1, -0.05) is 0 Å². The smallest absolute Gasteiger partial charge is 0.342 e. The van der Waals surface area contributed by atoms with Gasteiger partial charge >= 0.3 is 5.97 Å². The molecule has 158 valence electrons. The van der Waals surface area contributed by atoms with Gasteiger partial charge in [-0.3, -0.25) is 9.79 Å². The van der Waals surface area contributed by atoms with E-state index in [2.05, 4.69) is 4.99 Å². The van der Waals surface area contributed by atoms with E-state index in [-0.39, 0.29) is 17.1 Å². The Morgan fingerprint density at radius 3 is 3.03 bits per heavy atom. The van der Waals surface area contributed by atoms with Crippen molar-refractivity contribution in [2.24, 2.45) is 4.99 Å². The van der Waals surface area contributed by atoms with Crippen molar-refractivity contribution in [2.75, 3.05) is 45.4 Å². The van der Waals surface area contributed by atoms with E-state index < -0.39 is 17.2 Å². The lowest BCUT2D eigenvalue weighted by molar-refractivity contribution is -0.0102. The summed E-state index contributed by atoms with van der Waals surface area (Å²) in [6.07, 6.45) is 2.96. The van der Waals surface area contributed by atoms with Crippen molar-refractivity contribution in [3.8, 4) is 0 Å². The maximum Gasteiger partial charge on any atom is 0.342 e. The van der Waals surface area contributed by atoms with E-state index in [4.69, 9.17) is 9.47 Å². The topological polar surface area (TPSA) is 92.8 Å². The molecule has 0 spiro atoms. The minimum atomic E-state index is -1.34. The van der Waals surface area contributed by atoms with Gasteiger partial charge in [0, 0.05) is 50.6 Å². The van der Waals surface area contributed by atoms with Gasteiger partial charge in [0.25, 0.3) is 0 Å². The van der Waals surface area contributed by atoms with Gasteiger partial charge in [0.15, 0.2) is 0 Å². The molecule has 0 aliphatic carbocycles. The maximum absolute atomic E-state index is 15.4. The second-order valence-corrected chi connectivity index (χ2v) is 7.78. The van der Waals surface area contributed by atoms with Crippen molar-refractivity contribution >= 4 is 44.9 Å². The summed E-state index contributed by atoms with van der Waals surface area (Å²) in [7, 11) is 3.14. The minimum absolute atomic E-state index is 0.00107. The van der Waals surface area contributed by atoms with Crippen LogP contribution in [0, 0.1) is 5.82 Å². The van der Waals surface area contributed by atoms with Crippen LogP contribution in [-0.2, 0) is 9.47 Å². The molecule has 1 saturated heterocycles. The molecule has 30 heavy (non-hydrogen) atoms. The number of pyridine rings is 1. The molecule has 1 aromatic carbocycles. The van der Waals surface area contributed by atoms with Crippen LogP contribution in [0.15, 0.2) is 27.4 Å². The van der Waals surface area contributed by atoms with Crippen LogP contribution in [-0.4, -0.2) is 68.3 Å². The molecule has 0 saturated carbocycles. The molecule has 1 N–H and O–H groups in total. The Balaban J connectivity index is 2.05.